The maximum Gasteiger partial charge on any atom is 0.245 e. The molecule has 102 valence electrons. The zero-order valence-corrected chi connectivity index (χ0v) is 11.3. The SMILES string of the molecule is Cc1ccoc1-c1nc(N2CCC(C)C(N)C2)n[nH]1. The minimum atomic E-state index is 0.182. The van der Waals surface area contributed by atoms with Gasteiger partial charge in [0.1, 0.15) is 0 Å². The molecule has 2 aromatic rings. The first-order valence-corrected chi connectivity index (χ1v) is 6.62. The normalized spacial score (nSPS) is 23.8. The average Bonchev–Trinajstić information content (AvgIpc) is 3.01. The van der Waals surface area contributed by atoms with E-state index in [-0.39, 0.29) is 6.04 Å². The van der Waals surface area contributed by atoms with Gasteiger partial charge in [-0.15, -0.1) is 5.10 Å². The van der Waals surface area contributed by atoms with Crippen LogP contribution in [0.2, 0.25) is 0 Å². The summed E-state index contributed by atoms with van der Waals surface area (Å²) in [5, 5.41) is 7.21. The van der Waals surface area contributed by atoms with Crippen LogP contribution in [0.15, 0.2) is 16.7 Å². The molecule has 0 bridgehead atoms. The Morgan fingerprint density at radius 3 is 3.05 bits per heavy atom. The van der Waals surface area contributed by atoms with Crippen LogP contribution < -0.4 is 10.6 Å². The maximum atomic E-state index is 6.11. The number of aromatic amines is 1. The van der Waals surface area contributed by atoms with E-state index in [0.29, 0.717) is 17.7 Å². The van der Waals surface area contributed by atoms with Crippen LogP contribution in [0.4, 0.5) is 5.95 Å². The number of nitrogens with two attached hydrogens (primary N) is 1. The Balaban J connectivity index is 1.80. The van der Waals surface area contributed by atoms with Crippen molar-refractivity contribution in [1.82, 2.24) is 15.2 Å². The second-order valence-electron chi connectivity index (χ2n) is 5.29. The second-order valence-corrected chi connectivity index (χ2v) is 5.29. The quantitative estimate of drug-likeness (QED) is 0.856. The molecule has 0 radical (unpaired) electrons. The lowest BCUT2D eigenvalue weighted by atomic mass is 9.95. The van der Waals surface area contributed by atoms with Crippen LogP contribution in [0.25, 0.3) is 11.6 Å². The zero-order chi connectivity index (χ0) is 13.4. The van der Waals surface area contributed by atoms with Gasteiger partial charge in [0.05, 0.1) is 6.26 Å². The number of furan rings is 1. The standard InChI is InChI=1S/C13H19N5O/c1-8-3-5-18(7-10(8)14)13-15-12(16-17-13)11-9(2)4-6-19-11/h4,6,8,10H,3,5,7,14H2,1-2H3,(H,15,16,17). The topological polar surface area (TPSA) is 84.0 Å². The maximum absolute atomic E-state index is 6.11. The van der Waals surface area contributed by atoms with Crippen molar-refractivity contribution in [1.29, 1.82) is 0 Å². The zero-order valence-electron chi connectivity index (χ0n) is 11.3. The Hall–Kier alpha value is -1.82. The molecule has 2 unspecified atom stereocenters. The molecule has 6 nitrogen and oxygen atoms in total. The molecule has 19 heavy (non-hydrogen) atoms. The highest BCUT2D eigenvalue weighted by Gasteiger charge is 2.25. The summed E-state index contributed by atoms with van der Waals surface area (Å²) in [6, 6.07) is 2.09. The van der Waals surface area contributed by atoms with Gasteiger partial charge in [-0.25, -0.2) is 0 Å². The van der Waals surface area contributed by atoms with Gasteiger partial charge in [0.25, 0.3) is 0 Å². The molecule has 0 saturated carbocycles. The van der Waals surface area contributed by atoms with Gasteiger partial charge in [0.15, 0.2) is 11.6 Å². The third-order valence-corrected chi connectivity index (χ3v) is 3.85. The molecule has 2 atom stereocenters. The molecular weight excluding hydrogens is 242 g/mol. The average molecular weight is 261 g/mol. The number of H-pyrrole nitrogens is 1. The van der Waals surface area contributed by atoms with E-state index in [9.17, 15) is 0 Å². The fourth-order valence-electron chi connectivity index (χ4n) is 2.39. The number of rotatable bonds is 2. The fraction of sp³-hybridized carbons (Fsp3) is 0.538. The van der Waals surface area contributed by atoms with Crippen molar-refractivity contribution in [3.05, 3.63) is 17.9 Å². The third kappa shape index (κ3) is 2.23. The summed E-state index contributed by atoms with van der Waals surface area (Å²) in [7, 11) is 0. The monoisotopic (exact) mass is 261 g/mol. The summed E-state index contributed by atoms with van der Waals surface area (Å²) in [6.45, 7) is 5.93. The van der Waals surface area contributed by atoms with Crippen molar-refractivity contribution in [2.75, 3.05) is 18.0 Å². The van der Waals surface area contributed by atoms with Crippen molar-refractivity contribution < 1.29 is 4.42 Å². The van der Waals surface area contributed by atoms with Gasteiger partial charge in [0, 0.05) is 19.1 Å². The number of hydrogen-bond donors (Lipinski definition) is 2. The number of piperidine rings is 1. The molecule has 0 aromatic carbocycles. The smallest absolute Gasteiger partial charge is 0.245 e. The number of aromatic nitrogens is 3. The summed E-state index contributed by atoms with van der Waals surface area (Å²) < 4.78 is 5.41. The second kappa shape index (κ2) is 4.70. The summed E-state index contributed by atoms with van der Waals surface area (Å²) >= 11 is 0. The van der Waals surface area contributed by atoms with Crippen molar-refractivity contribution in [3.63, 3.8) is 0 Å². The summed E-state index contributed by atoms with van der Waals surface area (Å²) in [4.78, 5) is 6.63. The van der Waals surface area contributed by atoms with E-state index in [4.69, 9.17) is 10.2 Å². The van der Waals surface area contributed by atoms with Gasteiger partial charge < -0.3 is 15.1 Å². The number of hydrogen-bond acceptors (Lipinski definition) is 5. The van der Waals surface area contributed by atoms with Crippen LogP contribution in [0, 0.1) is 12.8 Å². The van der Waals surface area contributed by atoms with E-state index in [1.54, 1.807) is 6.26 Å². The van der Waals surface area contributed by atoms with Gasteiger partial charge >= 0.3 is 0 Å². The molecule has 0 amide bonds. The lowest BCUT2D eigenvalue weighted by Crippen LogP contribution is -2.48. The van der Waals surface area contributed by atoms with E-state index in [1.807, 2.05) is 13.0 Å². The Bertz CT molecular complexity index is 561. The van der Waals surface area contributed by atoms with Crippen LogP contribution >= 0.6 is 0 Å². The van der Waals surface area contributed by atoms with Gasteiger partial charge in [-0.05, 0) is 30.9 Å². The Morgan fingerprint density at radius 2 is 2.37 bits per heavy atom. The van der Waals surface area contributed by atoms with Crippen molar-refractivity contribution >= 4 is 5.95 Å². The first kappa shape index (κ1) is 12.2. The molecule has 2 aromatic heterocycles. The predicted molar refractivity (Wildman–Crippen MR) is 72.8 cm³/mol. The largest absolute Gasteiger partial charge is 0.461 e. The van der Waals surface area contributed by atoms with E-state index >= 15 is 0 Å². The lowest BCUT2D eigenvalue weighted by molar-refractivity contribution is 0.376. The highest BCUT2D eigenvalue weighted by molar-refractivity contribution is 5.53. The van der Waals surface area contributed by atoms with E-state index in [1.165, 1.54) is 0 Å². The van der Waals surface area contributed by atoms with Crippen LogP contribution in [-0.2, 0) is 0 Å². The molecule has 3 heterocycles. The molecule has 6 heteroatoms. The third-order valence-electron chi connectivity index (χ3n) is 3.85. The number of nitrogens with zero attached hydrogens (tertiary/aromatic N) is 3. The number of nitrogens with one attached hydrogen (secondary N) is 1. The number of anilines is 1. The van der Waals surface area contributed by atoms with E-state index in [0.717, 1.165) is 30.8 Å². The van der Waals surface area contributed by atoms with Crippen molar-refractivity contribution in [2.45, 2.75) is 26.3 Å². The summed E-state index contributed by atoms with van der Waals surface area (Å²) in [5.41, 5.74) is 7.15. The fourth-order valence-corrected chi connectivity index (χ4v) is 2.39. The first-order chi connectivity index (χ1) is 9.15. The Labute approximate surface area is 112 Å². The van der Waals surface area contributed by atoms with Gasteiger partial charge in [0.2, 0.25) is 5.95 Å². The van der Waals surface area contributed by atoms with Crippen LogP contribution in [0.3, 0.4) is 0 Å². The van der Waals surface area contributed by atoms with Gasteiger partial charge in [-0.3, -0.25) is 5.10 Å². The molecule has 3 rings (SSSR count). The molecule has 1 aliphatic heterocycles. The predicted octanol–water partition coefficient (Wildman–Crippen LogP) is 1.55. The van der Waals surface area contributed by atoms with E-state index in [2.05, 4.69) is 27.0 Å². The first-order valence-electron chi connectivity index (χ1n) is 6.62. The van der Waals surface area contributed by atoms with Gasteiger partial charge in [-0.1, -0.05) is 6.92 Å². The molecule has 1 aliphatic rings. The number of aryl methyl sites for hydroxylation is 1. The summed E-state index contributed by atoms with van der Waals surface area (Å²) in [5.74, 6) is 2.67. The van der Waals surface area contributed by atoms with E-state index < -0.39 is 0 Å². The van der Waals surface area contributed by atoms with Crippen molar-refractivity contribution in [2.24, 2.45) is 11.7 Å². The Kier molecular flexibility index (Phi) is 3.02. The van der Waals surface area contributed by atoms with Crippen LogP contribution in [0.1, 0.15) is 18.9 Å². The molecule has 0 aliphatic carbocycles. The minimum absolute atomic E-state index is 0.182. The highest BCUT2D eigenvalue weighted by atomic mass is 16.3. The molecule has 1 saturated heterocycles. The van der Waals surface area contributed by atoms with Crippen LogP contribution in [-0.4, -0.2) is 34.3 Å². The van der Waals surface area contributed by atoms with Crippen LogP contribution in [0.5, 0.6) is 0 Å². The van der Waals surface area contributed by atoms with Gasteiger partial charge in [-0.2, -0.15) is 4.98 Å². The summed E-state index contributed by atoms with van der Waals surface area (Å²) in [6.07, 6.45) is 2.73. The minimum Gasteiger partial charge on any atom is -0.461 e. The Morgan fingerprint density at radius 1 is 1.53 bits per heavy atom. The molecule has 3 N–H and O–H groups in total. The molecular formula is C13H19N5O. The molecule has 1 fully saturated rings. The lowest BCUT2D eigenvalue weighted by Gasteiger charge is -2.34. The van der Waals surface area contributed by atoms with Crippen molar-refractivity contribution in [3.8, 4) is 11.6 Å². The molecule has 0 spiro atoms. The highest BCUT2D eigenvalue weighted by Crippen LogP contribution is 2.24.